The van der Waals surface area contributed by atoms with Crippen molar-refractivity contribution < 1.29 is 32.9 Å². The molecular weight excluding hydrogens is 587 g/mol. The van der Waals surface area contributed by atoms with Crippen molar-refractivity contribution in [3.8, 4) is 0 Å². The lowest BCUT2D eigenvalue weighted by Crippen LogP contribution is -2.46. The lowest BCUT2D eigenvalue weighted by molar-refractivity contribution is -0.870. The van der Waals surface area contributed by atoms with E-state index in [0.717, 1.165) is 51.4 Å². The van der Waals surface area contributed by atoms with Gasteiger partial charge >= 0.3 is 0 Å². The Bertz CT molecular complexity index is 758. The predicted molar refractivity (Wildman–Crippen MR) is 187 cm³/mol. The molecule has 0 aromatic rings. The highest BCUT2D eigenvalue weighted by Gasteiger charge is 2.24. The molecule has 0 heterocycles. The van der Waals surface area contributed by atoms with E-state index in [1.807, 2.05) is 21.1 Å². The third-order valence-electron chi connectivity index (χ3n) is 8.25. The van der Waals surface area contributed by atoms with Gasteiger partial charge in [-0.3, -0.25) is 9.36 Å². The number of aliphatic hydroxyl groups is 1. The molecule has 0 fully saturated rings. The maximum atomic E-state index is 12.7. The highest BCUT2D eigenvalue weighted by molar-refractivity contribution is 7.45. The number of quaternary nitrogens is 1. The van der Waals surface area contributed by atoms with Gasteiger partial charge < -0.3 is 28.8 Å². The van der Waals surface area contributed by atoms with Gasteiger partial charge in [-0.05, 0) is 38.5 Å². The number of nitrogens with one attached hydrogen (secondary N) is 1. The van der Waals surface area contributed by atoms with Crippen LogP contribution in [0.5, 0.6) is 0 Å². The molecule has 2 N–H and O–H groups in total. The van der Waals surface area contributed by atoms with Crippen molar-refractivity contribution >= 4 is 13.7 Å². The van der Waals surface area contributed by atoms with Crippen LogP contribution < -0.4 is 10.2 Å². The van der Waals surface area contributed by atoms with Gasteiger partial charge in [-0.2, -0.15) is 0 Å². The van der Waals surface area contributed by atoms with Crippen LogP contribution in [-0.2, 0) is 18.4 Å². The van der Waals surface area contributed by atoms with Gasteiger partial charge in [-0.25, -0.2) is 0 Å². The zero-order chi connectivity index (χ0) is 33.7. The molecule has 45 heavy (non-hydrogen) atoms. The van der Waals surface area contributed by atoms with Crippen LogP contribution in [-0.4, -0.2) is 68.5 Å². The van der Waals surface area contributed by atoms with Crippen LogP contribution in [0.3, 0.4) is 0 Å². The third kappa shape index (κ3) is 31.6. The fraction of sp³-hybridized carbons (Fsp3) is 0.917. The number of phosphoric ester groups is 1. The number of nitrogens with zero attached hydrogens (tertiary/aromatic N) is 1. The highest BCUT2D eigenvalue weighted by Crippen LogP contribution is 2.38. The molecule has 0 rings (SSSR count). The van der Waals surface area contributed by atoms with Gasteiger partial charge in [0.2, 0.25) is 5.91 Å². The summed E-state index contributed by atoms with van der Waals surface area (Å²) < 4.78 is 23.1. The summed E-state index contributed by atoms with van der Waals surface area (Å²) in [5.74, 6) is -0.184. The lowest BCUT2D eigenvalue weighted by atomic mass is 10.0. The molecule has 0 aliphatic heterocycles. The van der Waals surface area contributed by atoms with Crippen molar-refractivity contribution in [2.24, 2.45) is 0 Å². The van der Waals surface area contributed by atoms with Crippen LogP contribution in [0.15, 0.2) is 12.2 Å². The summed E-state index contributed by atoms with van der Waals surface area (Å²) in [6.07, 6.45) is 29.2. The molecule has 0 bridgehead atoms. The van der Waals surface area contributed by atoms with Crippen LogP contribution in [0, 0.1) is 0 Å². The summed E-state index contributed by atoms with van der Waals surface area (Å²) in [6.45, 7) is 4.66. The molecule has 3 atom stereocenters. The van der Waals surface area contributed by atoms with E-state index in [2.05, 4.69) is 31.3 Å². The molecule has 0 aromatic carbocycles. The van der Waals surface area contributed by atoms with E-state index >= 15 is 0 Å². The third-order valence-corrected chi connectivity index (χ3v) is 9.22. The van der Waals surface area contributed by atoms with Crippen molar-refractivity contribution in [3.05, 3.63) is 12.2 Å². The lowest BCUT2D eigenvalue weighted by Gasteiger charge is -2.30. The van der Waals surface area contributed by atoms with Gasteiger partial charge in [-0.1, -0.05) is 129 Å². The SMILES string of the molecule is CCCCCCCC/C=C\CCCCCC(=O)NC(COP(=O)([O-])OCC[N+](C)(C)C)C(O)CCCCCCCCCCCC. The minimum Gasteiger partial charge on any atom is -0.756 e. The Hall–Kier alpha value is -0.760. The van der Waals surface area contributed by atoms with E-state index in [4.69, 9.17) is 9.05 Å². The number of allylic oxidation sites excluding steroid dienone is 2. The Morgan fingerprint density at radius 2 is 1.22 bits per heavy atom. The average Bonchev–Trinajstić information content (AvgIpc) is 2.97. The normalized spacial score (nSPS) is 14.9. The highest BCUT2D eigenvalue weighted by atomic mass is 31.2. The molecule has 0 aliphatic carbocycles. The first-order valence-electron chi connectivity index (χ1n) is 18.5. The topological polar surface area (TPSA) is 108 Å². The second-order valence-electron chi connectivity index (χ2n) is 13.9. The standard InChI is InChI=1S/C36H73N2O6P/c1-6-8-10-12-14-16-18-19-20-22-24-26-28-30-36(40)37-34(33-44-45(41,42)43-32-31-38(3,4)5)35(39)29-27-25-23-21-17-15-13-11-9-7-2/h19-20,34-35,39H,6-18,21-33H2,1-5H3,(H-,37,40,41,42)/b20-19-. The second kappa shape index (κ2) is 29.4. The number of carbonyl (C=O) groups excluding carboxylic acids is 1. The molecule has 0 saturated heterocycles. The van der Waals surface area contributed by atoms with Crippen LogP contribution in [0.1, 0.15) is 162 Å². The zero-order valence-corrected chi connectivity index (χ0v) is 31.0. The van der Waals surface area contributed by atoms with Gasteiger partial charge in [0, 0.05) is 6.42 Å². The summed E-state index contributed by atoms with van der Waals surface area (Å²) in [5.41, 5.74) is 0. The second-order valence-corrected chi connectivity index (χ2v) is 15.3. The Balaban J connectivity index is 4.51. The smallest absolute Gasteiger partial charge is 0.268 e. The fourth-order valence-electron chi connectivity index (χ4n) is 5.21. The molecule has 0 aliphatic rings. The van der Waals surface area contributed by atoms with Gasteiger partial charge in [0.1, 0.15) is 13.2 Å². The fourth-order valence-corrected chi connectivity index (χ4v) is 5.93. The number of rotatable bonds is 33. The number of likely N-dealkylation sites (N-methyl/N-ethyl adjacent to an activating group) is 1. The monoisotopic (exact) mass is 661 g/mol. The van der Waals surface area contributed by atoms with Crippen LogP contribution in [0.4, 0.5) is 0 Å². The van der Waals surface area contributed by atoms with Crippen molar-refractivity contribution in [1.82, 2.24) is 5.32 Å². The summed E-state index contributed by atoms with van der Waals surface area (Å²) in [4.78, 5) is 25.1. The van der Waals surface area contributed by atoms with Crippen molar-refractivity contribution in [2.75, 3.05) is 40.9 Å². The van der Waals surface area contributed by atoms with Crippen molar-refractivity contribution in [3.63, 3.8) is 0 Å². The van der Waals surface area contributed by atoms with Gasteiger partial charge in [0.05, 0.1) is 39.9 Å². The molecule has 8 nitrogen and oxygen atoms in total. The van der Waals surface area contributed by atoms with E-state index in [0.29, 0.717) is 23.9 Å². The van der Waals surface area contributed by atoms with Crippen LogP contribution in [0.25, 0.3) is 0 Å². The maximum absolute atomic E-state index is 12.7. The predicted octanol–water partition coefficient (Wildman–Crippen LogP) is 8.61. The molecule has 1 amide bonds. The number of unbranched alkanes of at least 4 members (excludes halogenated alkanes) is 18. The van der Waals surface area contributed by atoms with Gasteiger partial charge in [0.25, 0.3) is 7.82 Å². The molecule has 268 valence electrons. The molecule has 0 saturated carbocycles. The van der Waals surface area contributed by atoms with E-state index in [9.17, 15) is 19.4 Å². The van der Waals surface area contributed by atoms with E-state index in [-0.39, 0.29) is 19.1 Å². The largest absolute Gasteiger partial charge is 0.756 e. The van der Waals surface area contributed by atoms with E-state index in [1.54, 1.807) is 0 Å². The Morgan fingerprint density at radius 3 is 1.73 bits per heavy atom. The molecule has 0 radical (unpaired) electrons. The zero-order valence-electron chi connectivity index (χ0n) is 30.1. The molecule has 0 spiro atoms. The first-order valence-corrected chi connectivity index (χ1v) is 20.0. The Morgan fingerprint density at radius 1 is 0.756 bits per heavy atom. The molecule has 0 aromatic heterocycles. The molecular formula is C36H73N2O6P. The van der Waals surface area contributed by atoms with Crippen LogP contribution >= 0.6 is 7.82 Å². The van der Waals surface area contributed by atoms with Crippen molar-refractivity contribution in [2.45, 2.75) is 174 Å². The molecule has 3 unspecified atom stereocenters. The summed E-state index contributed by atoms with van der Waals surface area (Å²) in [6, 6.07) is -0.801. The first-order chi connectivity index (χ1) is 21.5. The van der Waals surface area contributed by atoms with Gasteiger partial charge in [-0.15, -0.1) is 0 Å². The summed E-state index contributed by atoms with van der Waals surface area (Å²) in [5, 5.41) is 13.8. The quantitative estimate of drug-likeness (QED) is 0.0316. The minimum atomic E-state index is -4.55. The number of carbonyl (C=O) groups is 1. The number of hydrogen-bond acceptors (Lipinski definition) is 6. The number of aliphatic hydroxyl groups excluding tert-OH is 1. The minimum absolute atomic E-state index is 0.0106. The maximum Gasteiger partial charge on any atom is 0.268 e. The summed E-state index contributed by atoms with van der Waals surface area (Å²) in [7, 11) is 1.29. The van der Waals surface area contributed by atoms with Crippen molar-refractivity contribution in [1.29, 1.82) is 0 Å². The van der Waals surface area contributed by atoms with Gasteiger partial charge in [0.15, 0.2) is 0 Å². The van der Waals surface area contributed by atoms with E-state index in [1.165, 1.54) is 83.5 Å². The average molecular weight is 661 g/mol. The molecule has 9 heteroatoms. The number of amides is 1. The number of phosphoric acid groups is 1. The van der Waals surface area contributed by atoms with Crippen LogP contribution in [0.2, 0.25) is 0 Å². The Labute approximate surface area is 278 Å². The Kier molecular flexibility index (Phi) is 28.9. The first kappa shape index (κ1) is 44.2. The summed E-state index contributed by atoms with van der Waals surface area (Å²) >= 11 is 0. The number of hydrogen-bond donors (Lipinski definition) is 2. The van der Waals surface area contributed by atoms with E-state index < -0.39 is 20.0 Å².